The number of amides is 2. The number of methoxy groups -OCH3 is 1. The maximum absolute atomic E-state index is 13.2. The second kappa shape index (κ2) is 12.5. The molecule has 1 saturated carbocycles. The predicted octanol–water partition coefficient (Wildman–Crippen LogP) is 4.05. The van der Waals surface area contributed by atoms with Gasteiger partial charge in [0.25, 0.3) is 0 Å². The molecule has 2 aliphatic rings. The molecule has 29 heavy (non-hydrogen) atoms. The van der Waals surface area contributed by atoms with Crippen molar-refractivity contribution in [3.8, 4) is 0 Å². The van der Waals surface area contributed by atoms with Crippen LogP contribution in [0.1, 0.15) is 65.7 Å². The summed E-state index contributed by atoms with van der Waals surface area (Å²) in [6, 6.07) is -1.21. The maximum atomic E-state index is 13.2. The van der Waals surface area contributed by atoms with Crippen molar-refractivity contribution in [1.29, 1.82) is 0 Å². The third kappa shape index (κ3) is 8.59. The van der Waals surface area contributed by atoms with Gasteiger partial charge in [0.15, 0.2) is 0 Å². The number of likely N-dealkylation sites (tertiary alicyclic amines) is 1. The Morgan fingerprint density at radius 3 is 2.17 bits per heavy atom. The molecule has 168 valence electrons. The zero-order valence-corrected chi connectivity index (χ0v) is 19.4. The van der Waals surface area contributed by atoms with Crippen molar-refractivity contribution in [2.45, 2.75) is 83.4 Å². The van der Waals surface area contributed by atoms with Crippen LogP contribution in [0.25, 0.3) is 0 Å². The Labute approximate surface area is 183 Å². The van der Waals surface area contributed by atoms with E-state index in [9.17, 15) is 14.4 Å². The molecule has 7 nitrogen and oxygen atoms in total. The topological polar surface area (TPSA) is 84.9 Å². The number of hydrogen-bond donors (Lipinski definition) is 1. The van der Waals surface area contributed by atoms with E-state index < -0.39 is 29.7 Å². The number of carbonyl (C=O) groups excluding carboxylic acids is 3. The summed E-state index contributed by atoms with van der Waals surface area (Å²) in [6.45, 7) is 5.88. The number of nitrogens with one attached hydrogen (secondary N) is 1. The minimum Gasteiger partial charge on any atom is -0.467 e. The molecular formula is C20H34Cl2N2O5. The van der Waals surface area contributed by atoms with Crippen LogP contribution >= 0.6 is 23.2 Å². The first-order chi connectivity index (χ1) is 13.6. The zero-order chi connectivity index (χ0) is 22.0. The van der Waals surface area contributed by atoms with Crippen LogP contribution in [0.5, 0.6) is 0 Å². The van der Waals surface area contributed by atoms with Crippen LogP contribution in [0.15, 0.2) is 0 Å². The molecule has 2 rings (SSSR count). The van der Waals surface area contributed by atoms with Gasteiger partial charge >= 0.3 is 12.1 Å². The summed E-state index contributed by atoms with van der Waals surface area (Å²) in [4.78, 5) is 39.1. The Morgan fingerprint density at radius 2 is 1.66 bits per heavy atom. The second-order valence-electron chi connectivity index (χ2n) is 8.34. The van der Waals surface area contributed by atoms with Crippen LogP contribution in [0.2, 0.25) is 0 Å². The summed E-state index contributed by atoms with van der Waals surface area (Å²) in [6.07, 6.45) is 5.80. The first kappa shape index (κ1) is 25.8. The Morgan fingerprint density at radius 1 is 1.07 bits per heavy atom. The highest BCUT2D eigenvalue weighted by molar-refractivity contribution is 6.40. The molecular weight excluding hydrogens is 419 g/mol. The molecule has 0 spiro atoms. The molecule has 0 aromatic carbocycles. The molecule has 2 fully saturated rings. The highest BCUT2D eigenvalue weighted by atomic mass is 35.5. The lowest BCUT2D eigenvalue weighted by Gasteiger charge is -2.34. The van der Waals surface area contributed by atoms with E-state index in [1.54, 1.807) is 25.7 Å². The second-order valence-corrected chi connectivity index (χ2v) is 9.14. The average Bonchev–Trinajstić information content (AvgIpc) is 3.15. The summed E-state index contributed by atoms with van der Waals surface area (Å²) >= 11 is 9.53. The molecule has 0 radical (unpaired) electrons. The largest absolute Gasteiger partial charge is 0.467 e. The third-order valence-electron chi connectivity index (χ3n) is 5.07. The lowest BCUT2D eigenvalue weighted by Crippen LogP contribution is -2.55. The van der Waals surface area contributed by atoms with E-state index in [2.05, 4.69) is 5.32 Å². The van der Waals surface area contributed by atoms with Crippen LogP contribution in [-0.4, -0.2) is 59.5 Å². The molecule has 0 bridgehead atoms. The van der Waals surface area contributed by atoms with E-state index in [4.69, 9.17) is 32.7 Å². The Hall–Kier alpha value is -1.21. The Balaban J connectivity index is 0.00000132. The summed E-state index contributed by atoms with van der Waals surface area (Å²) in [5.74, 6) is -0.520. The molecule has 2 atom stereocenters. The van der Waals surface area contributed by atoms with E-state index in [1.807, 2.05) is 0 Å². The van der Waals surface area contributed by atoms with Gasteiger partial charge in [-0.15, -0.1) is 23.2 Å². The van der Waals surface area contributed by atoms with Crippen LogP contribution in [0.4, 0.5) is 4.79 Å². The quantitative estimate of drug-likeness (QED) is 0.513. The van der Waals surface area contributed by atoms with Gasteiger partial charge in [0.2, 0.25) is 5.91 Å². The average molecular weight is 453 g/mol. The number of rotatable bonds is 4. The first-order valence-corrected chi connectivity index (χ1v) is 11.2. The van der Waals surface area contributed by atoms with Gasteiger partial charge in [0.05, 0.1) is 12.4 Å². The normalized spacial score (nSPS) is 20.9. The van der Waals surface area contributed by atoms with Gasteiger partial charge in [-0.1, -0.05) is 19.3 Å². The number of halogens is 2. The molecule has 1 aliphatic heterocycles. The summed E-state index contributed by atoms with van der Waals surface area (Å²) in [5.41, 5.74) is -0.632. The van der Waals surface area contributed by atoms with Crippen LogP contribution in [0, 0.1) is 5.92 Å². The van der Waals surface area contributed by atoms with Crippen molar-refractivity contribution < 1.29 is 23.9 Å². The fraction of sp³-hybridized carbons (Fsp3) is 0.850. The molecule has 1 heterocycles. The van der Waals surface area contributed by atoms with E-state index >= 15 is 0 Å². The third-order valence-corrected chi connectivity index (χ3v) is 5.07. The molecule has 1 N–H and O–H groups in total. The molecule has 1 saturated heterocycles. The SMILES string of the molecule is COC(=O)C1CCCN1C(=O)[C@@H](NC(=O)OC(C)(C)C)C1CCCCC1.ClCCl. The van der Waals surface area contributed by atoms with Gasteiger partial charge in [0.1, 0.15) is 17.7 Å². The predicted molar refractivity (Wildman–Crippen MR) is 113 cm³/mol. The fourth-order valence-electron chi connectivity index (χ4n) is 3.87. The van der Waals surface area contributed by atoms with E-state index in [0.717, 1.165) is 38.5 Å². The summed E-state index contributed by atoms with van der Waals surface area (Å²) in [7, 11) is 1.33. The van der Waals surface area contributed by atoms with Crippen molar-refractivity contribution in [2.24, 2.45) is 5.92 Å². The highest BCUT2D eigenvalue weighted by Crippen LogP contribution is 2.29. The van der Waals surface area contributed by atoms with E-state index in [1.165, 1.54) is 7.11 Å². The smallest absolute Gasteiger partial charge is 0.408 e. The molecule has 0 aromatic heterocycles. The number of alkyl halides is 2. The summed E-state index contributed by atoms with van der Waals surface area (Å²) in [5, 5.41) is 2.99. The minimum atomic E-state index is -0.657. The van der Waals surface area contributed by atoms with Crippen molar-refractivity contribution in [3.63, 3.8) is 0 Å². The van der Waals surface area contributed by atoms with Gasteiger partial charge in [-0.25, -0.2) is 9.59 Å². The summed E-state index contributed by atoms with van der Waals surface area (Å²) < 4.78 is 10.2. The molecule has 2 amide bonds. The van der Waals surface area contributed by atoms with E-state index in [-0.39, 0.29) is 17.2 Å². The standard InChI is InChI=1S/C19H32N2O5.CH2Cl2/c1-19(2,3)26-18(24)20-15(13-9-6-5-7-10-13)16(22)21-12-8-11-14(21)17(23)25-4;2-1-3/h13-15H,5-12H2,1-4H3,(H,20,24);1H2/t14?,15-;/m0./s1. The Kier molecular flexibility index (Phi) is 11.1. The maximum Gasteiger partial charge on any atom is 0.408 e. The van der Waals surface area contributed by atoms with Gasteiger partial charge in [-0.3, -0.25) is 4.79 Å². The van der Waals surface area contributed by atoms with Crippen molar-refractivity contribution in [2.75, 3.05) is 19.0 Å². The minimum absolute atomic E-state index is 0.0719. The lowest BCUT2D eigenvalue weighted by atomic mass is 9.83. The lowest BCUT2D eigenvalue weighted by molar-refractivity contribution is -0.152. The van der Waals surface area contributed by atoms with Crippen LogP contribution in [0.3, 0.4) is 0 Å². The number of hydrogen-bond acceptors (Lipinski definition) is 5. The monoisotopic (exact) mass is 452 g/mol. The fourth-order valence-corrected chi connectivity index (χ4v) is 3.87. The number of ether oxygens (including phenoxy) is 2. The molecule has 0 aromatic rings. The Bertz CT molecular complexity index is 547. The van der Waals surface area contributed by atoms with Gasteiger partial charge in [-0.05, 0) is 52.4 Å². The van der Waals surface area contributed by atoms with E-state index in [0.29, 0.717) is 13.0 Å². The van der Waals surface area contributed by atoms with Crippen molar-refractivity contribution in [3.05, 3.63) is 0 Å². The number of alkyl carbamates (subject to hydrolysis) is 1. The van der Waals surface area contributed by atoms with Gasteiger partial charge < -0.3 is 19.7 Å². The number of carbonyl (C=O) groups is 3. The molecule has 9 heteroatoms. The molecule has 1 aliphatic carbocycles. The highest BCUT2D eigenvalue weighted by Gasteiger charge is 2.41. The molecule has 1 unspecified atom stereocenters. The number of esters is 1. The van der Waals surface area contributed by atoms with Crippen molar-refractivity contribution in [1.82, 2.24) is 10.2 Å². The van der Waals surface area contributed by atoms with Crippen LogP contribution < -0.4 is 5.32 Å². The number of nitrogens with zero attached hydrogens (tertiary/aromatic N) is 1. The van der Waals surface area contributed by atoms with Gasteiger partial charge in [-0.2, -0.15) is 0 Å². The van der Waals surface area contributed by atoms with Crippen molar-refractivity contribution >= 4 is 41.2 Å². The first-order valence-electron chi connectivity index (χ1n) is 10.1. The van der Waals surface area contributed by atoms with Crippen LogP contribution in [-0.2, 0) is 19.1 Å². The zero-order valence-electron chi connectivity index (χ0n) is 17.8. The van der Waals surface area contributed by atoms with Gasteiger partial charge in [0, 0.05) is 6.54 Å².